The third-order valence-electron chi connectivity index (χ3n) is 12.7. The monoisotopic (exact) mass is 966 g/mol. The lowest BCUT2D eigenvalue weighted by Crippen LogP contribution is -2.42. The topological polar surface area (TPSA) is 182 Å². The number of likely N-dealkylation sites (tertiary alicyclic amines) is 2. The van der Waals surface area contributed by atoms with Gasteiger partial charge in [0.1, 0.15) is 22.6 Å². The Balaban J connectivity index is 0.000000188. The zero-order valence-electron chi connectivity index (χ0n) is 39.2. The number of carbonyl (C=O) groups excluding carboxylic acids is 2. The van der Waals surface area contributed by atoms with Gasteiger partial charge >= 0.3 is 0 Å². The van der Waals surface area contributed by atoms with Gasteiger partial charge in [0.2, 0.25) is 0 Å². The molecule has 7 N–H and O–H groups in total. The number of benzene rings is 2. The molecule has 356 valence electrons. The van der Waals surface area contributed by atoms with E-state index < -0.39 is 0 Å². The van der Waals surface area contributed by atoms with E-state index in [9.17, 15) is 9.59 Å². The number of hydrogen-bond donors (Lipinski definition) is 4. The Kier molecular flexibility index (Phi) is 19.1. The molecule has 4 aromatic heterocycles. The fourth-order valence-electron chi connectivity index (χ4n) is 8.74. The molecule has 2 fully saturated rings. The minimum Gasteiger partial charge on any atom is -0.383 e. The molecule has 2 unspecified atom stereocenters. The molecule has 2 aliphatic heterocycles. The second kappa shape index (κ2) is 24.9. The Morgan fingerprint density at radius 3 is 1.70 bits per heavy atom. The molecule has 2 aromatic carbocycles. The Hall–Kier alpha value is -4.95. The number of piperidine rings is 2. The van der Waals surface area contributed by atoms with Crippen LogP contribution in [0.1, 0.15) is 98.1 Å². The molecule has 6 aromatic rings. The minimum atomic E-state index is -0.0839. The van der Waals surface area contributed by atoms with Crippen LogP contribution >= 0.6 is 34.8 Å². The average Bonchev–Trinajstić information content (AvgIpc) is 3.33. The van der Waals surface area contributed by atoms with E-state index in [1.165, 1.54) is 45.0 Å². The maximum absolute atomic E-state index is 13.1. The molecule has 2 atom stereocenters. The van der Waals surface area contributed by atoms with Crippen molar-refractivity contribution in [2.75, 3.05) is 56.1 Å². The summed E-state index contributed by atoms with van der Waals surface area (Å²) in [6.07, 6.45) is 13.4. The van der Waals surface area contributed by atoms with Crippen LogP contribution in [-0.2, 0) is 12.8 Å². The first-order valence-corrected chi connectivity index (χ1v) is 24.5. The van der Waals surface area contributed by atoms with Gasteiger partial charge < -0.3 is 32.3 Å². The van der Waals surface area contributed by atoms with Gasteiger partial charge in [-0.1, -0.05) is 71.2 Å². The quantitative estimate of drug-likeness (QED) is 0.0600. The van der Waals surface area contributed by atoms with Crippen LogP contribution in [-0.4, -0.2) is 92.7 Å². The van der Waals surface area contributed by atoms with Crippen molar-refractivity contribution in [3.05, 3.63) is 123 Å². The lowest BCUT2D eigenvalue weighted by molar-refractivity contribution is 0.0975. The highest BCUT2D eigenvalue weighted by molar-refractivity contribution is 6.34. The summed E-state index contributed by atoms with van der Waals surface area (Å²) in [5, 5.41) is 8.36. The summed E-state index contributed by atoms with van der Waals surface area (Å²) in [4.78, 5) is 47.0. The predicted molar refractivity (Wildman–Crippen MR) is 278 cm³/mol. The largest absolute Gasteiger partial charge is 0.383 e. The van der Waals surface area contributed by atoms with Gasteiger partial charge in [0.15, 0.2) is 11.6 Å². The van der Waals surface area contributed by atoms with Gasteiger partial charge in [-0.05, 0) is 144 Å². The van der Waals surface area contributed by atoms with E-state index in [4.69, 9.17) is 52.0 Å². The van der Waals surface area contributed by atoms with Crippen LogP contribution in [0, 0.1) is 11.8 Å². The fraction of sp³-hybridized carbons (Fsp3) is 0.423. The predicted octanol–water partition coefficient (Wildman–Crippen LogP) is 10.6. The van der Waals surface area contributed by atoms with Crippen LogP contribution in [0.2, 0.25) is 15.2 Å². The smallest absolute Gasteiger partial charge is 0.166 e. The van der Waals surface area contributed by atoms with Gasteiger partial charge in [-0.2, -0.15) is 0 Å². The zero-order chi connectivity index (χ0) is 48.0. The maximum Gasteiger partial charge on any atom is 0.166 e. The second-order valence-electron chi connectivity index (χ2n) is 18.2. The summed E-state index contributed by atoms with van der Waals surface area (Å²) in [5.74, 6) is 2.90. The van der Waals surface area contributed by atoms with Crippen LogP contribution < -0.4 is 22.5 Å². The molecule has 2 saturated heterocycles. The number of Topliss-reactive ketones (excluding diaryl/α,β-unsaturated/α-hetero) is 2. The Morgan fingerprint density at radius 1 is 0.672 bits per heavy atom. The van der Waals surface area contributed by atoms with E-state index in [0.29, 0.717) is 82.3 Å². The number of nitrogens with two attached hydrogens (primary N) is 3. The van der Waals surface area contributed by atoms with Crippen LogP contribution in [0.15, 0.2) is 85.5 Å². The Morgan fingerprint density at radius 2 is 1.16 bits per heavy atom. The molecular formula is C52H65Cl3N10O2. The van der Waals surface area contributed by atoms with Gasteiger partial charge in [-0.3, -0.25) is 9.59 Å². The molecule has 0 aliphatic carbocycles. The summed E-state index contributed by atoms with van der Waals surface area (Å²) >= 11 is 18.0. The van der Waals surface area contributed by atoms with E-state index in [2.05, 4.69) is 68.8 Å². The number of anilines is 3. The van der Waals surface area contributed by atoms with Crippen molar-refractivity contribution in [2.45, 2.75) is 91.1 Å². The van der Waals surface area contributed by atoms with Crippen molar-refractivity contribution in [3.8, 4) is 0 Å². The summed E-state index contributed by atoms with van der Waals surface area (Å²) in [6, 6.07) is 20.3. The van der Waals surface area contributed by atoms with Crippen LogP contribution in [0.25, 0.3) is 21.5 Å². The molecule has 2 aliphatic rings. The van der Waals surface area contributed by atoms with Crippen molar-refractivity contribution in [3.63, 3.8) is 0 Å². The van der Waals surface area contributed by atoms with Crippen LogP contribution in [0.4, 0.5) is 17.5 Å². The SMILES string of the molecule is CC(C)N1CCCC(CN)C1.CC(C)N1CCCC(CNc2ncc(Cl)cc2C(=O)CCc2ccc3c(N)nccc3c2)C1.Nc1nccc2cc(CCC(=O)c3cc(Cl)cnc3Cl)ccc12. The molecule has 0 amide bonds. The van der Waals surface area contributed by atoms with Crippen LogP contribution in [0.3, 0.4) is 0 Å². The van der Waals surface area contributed by atoms with Gasteiger partial charge in [0.25, 0.3) is 0 Å². The molecule has 15 heteroatoms. The normalized spacial score (nSPS) is 16.6. The molecule has 0 saturated carbocycles. The molecular weight excluding hydrogens is 903 g/mol. The van der Waals surface area contributed by atoms with Crippen molar-refractivity contribution >= 4 is 85.4 Å². The van der Waals surface area contributed by atoms with Crippen molar-refractivity contribution in [2.24, 2.45) is 17.6 Å². The van der Waals surface area contributed by atoms with Crippen molar-refractivity contribution < 1.29 is 9.59 Å². The van der Waals surface area contributed by atoms with Crippen molar-refractivity contribution in [1.82, 2.24) is 29.7 Å². The number of pyridine rings is 4. The summed E-state index contributed by atoms with van der Waals surface area (Å²) in [5.41, 5.74) is 20.5. The number of carbonyl (C=O) groups is 2. The van der Waals surface area contributed by atoms with Crippen molar-refractivity contribution in [1.29, 1.82) is 0 Å². The fourth-order valence-corrected chi connectivity index (χ4v) is 9.27. The standard InChI is InChI=1S/C26H32ClN5O.C17H13Cl2N3O.C9H20N2/c1-17(2)32-11-3-4-19(16-32)14-30-26-23(13-21(27)15-31-26)24(33)8-6-18-5-7-22-20(12-18)9-10-29-25(22)28;18-12-8-14(16(19)22-9-12)15(23)4-2-10-1-3-13-11(7-10)5-6-21-17(13)20;1-8(2)11-5-3-4-9(6-10)7-11/h5,7,9-10,12-13,15,17,19H,3-4,6,8,11,14,16H2,1-2H3,(H2,28,29)(H,30,31);1,3,5-9H,2,4H2,(H2,20,21);8-9H,3-7,10H2,1-2H3. The van der Waals surface area contributed by atoms with Crippen LogP contribution in [0.5, 0.6) is 0 Å². The van der Waals surface area contributed by atoms with E-state index in [0.717, 1.165) is 64.8 Å². The number of nitrogen functional groups attached to an aromatic ring is 2. The maximum atomic E-state index is 13.1. The van der Waals surface area contributed by atoms with E-state index in [1.54, 1.807) is 30.7 Å². The molecule has 0 spiro atoms. The number of aryl methyl sites for hydroxylation is 2. The first-order chi connectivity index (χ1) is 32.2. The highest BCUT2D eigenvalue weighted by Crippen LogP contribution is 2.26. The number of fused-ring (bicyclic) bond motifs is 2. The number of halogens is 3. The van der Waals surface area contributed by atoms with E-state index >= 15 is 0 Å². The molecule has 8 rings (SSSR count). The number of nitrogens with zero attached hydrogens (tertiary/aromatic N) is 6. The second-order valence-corrected chi connectivity index (χ2v) is 19.4. The van der Waals surface area contributed by atoms with Gasteiger partial charge in [0.05, 0.1) is 21.2 Å². The third kappa shape index (κ3) is 14.8. The third-order valence-corrected chi connectivity index (χ3v) is 13.4. The van der Waals surface area contributed by atoms with Gasteiger partial charge in [-0.25, -0.2) is 19.9 Å². The summed E-state index contributed by atoms with van der Waals surface area (Å²) in [7, 11) is 0. The van der Waals surface area contributed by atoms with Gasteiger partial charge in [0, 0.05) is 80.1 Å². The van der Waals surface area contributed by atoms with Gasteiger partial charge in [-0.15, -0.1) is 0 Å². The zero-order valence-corrected chi connectivity index (χ0v) is 41.4. The highest BCUT2D eigenvalue weighted by atomic mass is 35.5. The number of hydrogen-bond acceptors (Lipinski definition) is 12. The van der Waals surface area contributed by atoms with E-state index in [1.807, 2.05) is 42.5 Å². The Bertz CT molecular complexity index is 2610. The molecule has 12 nitrogen and oxygen atoms in total. The van der Waals surface area contributed by atoms with E-state index in [-0.39, 0.29) is 16.7 Å². The first kappa shape index (κ1) is 51.4. The Labute approximate surface area is 410 Å². The number of rotatable bonds is 14. The molecule has 0 bridgehead atoms. The lowest BCUT2D eigenvalue weighted by Gasteiger charge is -2.35. The average molecular weight is 969 g/mol. The number of nitrogens with one attached hydrogen (secondary N) is 1. The highest BCUT2D eigenvalue weighted by Gasteiger charge is 2.23. The summed E-state index contributed by atoms with van der Waals surface area (Å²) in [6.45, 7) is 15.4. The molecule has 6 heterocycles. The number of aromatic nitrogens is 4. The molecule has 67 heavy (non-hydrogen) atoms. The first-order valence-electron chi connectivity index (χ1n) is 23.4. The lowest BCUT2D eigenvalue weighted by atomic mass is 9.96. The minimum absolute atomic E-state index is 0.0364. The summed E-state index contributed by atoms with van der Waals surface area (Å²) < 4.78 is 0. The number of ketones is 2. The molecule has 0 radical (unpaired) electrons.